The molecule has 0 spiro atoms. The molecule has 0 saturated heterocycles. The molecule has 92 valence electrons. The number of aryl methyl sites for hydroxylation is 1. The largest absolute Gasteiger partial charge is 0.507 e. The van der Waals surface area contributed by atoms with Crippen LogP contribution in [-0.4, -0.2) is 28.8 Å². The molecule has 3 N–H and O–H groups in total. The fraction of sp³-hybridized carbons (Fsp3) is 0.462. The molecule has 1 saturated carbocycles. The first-order valence-corrected chi connectivity index (χ1v) is 5.82. The molecular weight excluding hydrogens is 218 g/mol. The van der Waals surface area contributed by atoms with Gasteiger partial charge in [0.1, 0.15) is 5.75 Å². The van der Waals surface area contributed by atoms with Gasteiger partial charge >= 0.3 is 0 Å². The molecule has 0 heterocycles. The van der Waals surface area contributed by atoms with E-state index in [1.165, 1.54) is 0 Å². The highest BCUT2D eigenvalue weighted by Crippen LogP contribution is 2.26. The summed E-state index contributed by atoms with van der Waals surface area (Å²) in [6.45, 7) is 2.42. The molecule has 2 rings (SSSR count). The molecule has 1 amide bonds. The first-order valence-electron chi connectivity index (χ1n) is 5.82. The number of aliphatic hydroxyl groups is 1. The predicted molar refractivity (Wildman–Crippen MR) is 63.9 cm³/mol. The minimum atomic E-state index is -0.260. The number of rotatable bonds is 3. The molecule has 0 atom stereocenters. The SMILES string of the molecule is Cc1ccc(C(=O)NCC2CC(O)C2)c(O)c1. The zero-order chi connectivity index (χ0) is 12.4. The lowest BCUT2D eigenvalue weighted by Crippen LogP contribution is -2.38. The maximum atomic E-state index is 11.8. The van der Waals surface area contributed by atoms with Gasteiger partial charge in [-0.15, -0.1) is 0 Å². The first kappa shape index (κ1) is 11.9. The number of hydrogen-bond acceptors (Lipinski definition) is 3. The van der Waals surface area contributed by atoms with E-state index in [4.69, 9.17) is 5.11 Å². The molecule has 0 aliphatic heterocycles. The Morgan fingerprint density at radius 1 is 1.47 bits per heavy atom. The van der Waals surface area contributed by atoms with Crippen LogP contribution in [0.15, 0.2) is 18.2 Å². The van der Waals surface area contributed by atoms with E-state index in [2.05, 4.69) is 5.32 Å². The van der Waals surface area contributed by atoms with E-state index in [9.17, 15) is 9.90 Å². The van der Waals surface area contributed by atoms with Crippen molar-refractivity contribution < 1.29 is 15.0 Å². The number of carbonyl (C=O) groups is 1. The third-order valence-corrected chi connectivity index (χ3v) is 3.16. The number of phenolic OH excluding ortho intramolecular Hbond substituents is 1. The molecule has 0 unspecified atom stereocenters. The minimum absolute atomic E-state index is 0.0103. The highest BCUT2D eigenvalue weighted by atomic mass is 16.3. The number of benzene rings is 1. The van der Waals surface area contributed by atoms with Gasteiger partial charge in [0, 0.05) is 6.54 Å². The van der Waals surface area contributed by atoms with Crippen LogP contribution < -0.4 is 5.32 Å². The summed E-state index contributed by atoms with van der Waals surface area (Å²) in [6, 6.07) is 4.99. The molecule has 1 aliphatic carbocycles. The summed E-state index contributed by atoms with van der Waals surface area (Å²) >= 11 is 0. The lowest BCUT2D eigenvalue weighted by atomic mass is 9.82. The van der Waals surface area contributed by atoms with E-state index < -0.39 is 0 Å². The second kappa shape index (κ2) is 4.75. The fourth-order valence-corrected chi connectivity index (χ4v) is 2.03. The quantitative estimate of drug-likeness (QED) is 0.737. The Morgan fingerprint density at radius 3 is 2.76 bits per heavy atom. The Hall–Kier alpha value is -1.55. The number of phenols is 1. The van der Waals surface area contributed by atoms with Gasteiger partial charge in [0.25, 0.3) is 5.91 Å². The van der Waals surface area contributed by atoms with Gasteiger partial charge < -0.3 is 15.5 Å². The van der Waals surface area contributed by atoms with Gasteiger partial charge in [0.15, 0.2) is 0 Å². The lowest BCUT2D eigenvalue weighted by Gasteiger charge is -2.31. The van der Waals surface area contributed by atoms with Gasteiger partial charge in [0.2, 0.25) is 0 Å². The third-order valence-electron chi connectivity index (χ3n) is 3.16. The van der Waals surface area contributed by atoms with Crippen LogP contribution >= 0.6 is 0 Å². The van der Waals surface area contributed by atoms with Crippen molar-refractivity contribution in [1.29, 1.82) is 0 Å². The van der Waals surface area contributed by atoms with Gasteiger partial charge in [-0.2, -0.15) is 0 Å². The standard InChI is InChI=1S/C13H17NO3/c1-8-2-3-11(12(16)4-8)13(17)14-7-9-5-10(15)6-9/h2-4,9-10,15-16H,5-7H2,1H3,(H,14,17). The predicted octanol–water partition coefficient (Wildman–Crippen LogP) is 1.20. The molecule has 1 fully saturated rings. The van der Waals surface area contributed by atoms with Gasteiger partial charge in [-0.05, 0) is 43.4 Å². The molecule has 0 radical (unpaired) electrons. The zero-order valence-electron chi connectivity index (χ0n) is 9.81. The van der Waals surface area contributed by atoms with Crippen molar-refractivity contribution in [2.24, 2.45) is 5.92 Å². The van der Waals surface area contributed by atoms with Gasteiger partial charge in [-0.3, -0.25) is 4.79 Å². The van der Waals surface area contributed by atoms with Crippen LogP contribution in [0.5, 0.6) is 5.75 Å². The average molecular weight is 235 g/mol. The van der Waals surface area contributed by atoms with E-state index in [0.29, 0.717) is 18.0 Å². The summed E-state index contributed by atoms with van der Waals surface area (Å²) < 4.78 is 0. The number of amides is 1. The molecule has 17 heavy (non-hydrogen) atoms. The number of nitrogens with one attached hydrogen (secondary N) is 1. The molecule has 0 aromatic heterocycles. The van der Waals surface area contributed by atoms with Crippen molar-refractivity contribution in [1.82, 2.24) is 5.32 Å². The van der Waals surface area contributed by atoms with E-state index in [0.717, 1.165) is 18.4 Å². The van der Waals surface area contributed by atoms with Crippen molar-refractivity contribution in [2.75, 3.05) is 6.54 Å². The minimum Gasteiger partial charge on any atom is -0.507 e. The molecule has 4 heteroatoms. The normalized spacial score (nSPS) is 22.9. The Labute approximate surface area is 100 Å². The highest BCUT2D eigenvalue weighted by Gasteiger charge is 2.27. The van der Waals surface area contributed by atoms with Crippen LogP contribution in [-0.2, 0) is 0 Å². The van der Waals surface area contributed by atoms with Crippen molar-refractivity contribution in [2.45, 2.75) is 25.9 Å². The second-order valence-corrected chi connectivity index (χ2v) is 4.72. The van der Waals surface area contributed by atoms with E-state index in [1.54, 1.807) is 18.2 Å². The van der Waals surface area contributed by atoms with Crippen molar-refractivity contribution in [3.8, 4) is 5.75 Å². The van der Waals surface area contributed by atoms with Crippen LogP contribution in [0.1, 0.15) is 28.8 Å². The van der Waals surface area contributed by atoms with Crippen LogP contribution in [0.4, 0.5) is 0 Å². The number of hydrogen-bond donors (Lipinski definition) is 3. The van der Waals surface area contributed by atoms with Crippen molar-refractivity contribution in [3.63, 3.8) is 0 Å². The zero-order valence-corrected chi connectivity index (χ0v) is 9.81. The summed E-state index contributed by atoms with van der Waals surface area (Å²) in [5.41, 5.74) is 1.22. The van der Waals surface area contributed by atoms with Gasteiger partial charge in [-0.1, -0.05) is 6.07 Å². The van der Waals surface area contributed by atoms with Crippen molar-refractivity contribution >= 4 is 5.91 Å². The van der Waals surface area contributed by atoms with Crippen LogP contribution in [0.2, 0.25) is 0 Å². The lowest BCUT2D eigenvalue weighted by molar-refractivity contribution is 0.0420. The first-order chi connectivity index (χ1) is 8.06. The summed E-state index contributed by atoms with van der Waals surface area (Å²) in [4.78, 5) is 11.8. The molecule has 0 bridgehead atoms. The second-order valence-electron chi connectivity index (χ2n) is 4.72. The molecular formula is C13H17NO3. The van der Waals surface area contributed by atoms with Gasteiger partial charge in [-0.25, -0.2) is 0 Å². The highest BCUT2D eigenvalue weighted by molar-refractivity contribution is 5.96. The Balaban J connectivity index is 1.91. The van der Waals surface area contributed by atoms with Gasteiger partial charge in [0.05, 0.1) is 11.7 Å². The smallest absolute Gasteiger partial charge is 0.255 e. The number of aliphatic hydroxyl groups excluding tert-OH is 1. The molecule has 1 aromatic carbocycles. The molecule has 1 aliphatic rings. The number of carbonyl (C=O) groups excluding carboxylic acids is 1. The Bertz CT molecular complexity index is 425. The maximum absolute atomic E-state index is 11.8. The fourth-order valence-electron chi connectivity index (χ4n) is 2.03. The molecule has 4 nitrogen and oxygen atoms in total. The molecule has 1 aromatic rings. The maximum Gasteiger partial charge on any atom is 0.255 e. The Kier molecular flexibility index (Phi) is 3.33. The van der Waals surface area contributed by atoms with Crippen LogP contribution in [0, 0.1) is 12.8 Å². The van der Waals surface area contributed by atoms with E-state index >= 15 is 0 Å². The van der Waals surface area contributed by atoms with E-state index in [-0.39, 0.29) is 17.8 Å². The summed E-state index contributed by atoms with van der Waals surface area (Å²) in [7, 11) is 0. The summed E-state index contributed by atoms with van der Waals surface area (Å²) in [5, 5.41) is 21.5. The third kappa shape index (κ3) is 2.77. The van der Waals surface area contributed by atoms with Crippen LogP contribution in [0.25, 0.3) is 0 Å². The number of aromatic hydroxyl groups is 1. The topological polar surface area (TPSA) is 69.6 Å². The Morgan fingerprint density at radius 2 is 2.18 bits per heavy atom. The average Bonchev–Trinajstić information content (AvgIpc) is 2.22. The monoisotopic (exact) mass is 235 g/mol. The van der Waals surface area contributed by atoms with Crippen molar-refractivity contribution in [3.05, 3.63) is 29.3 Å². The summed E-state index contributed by atoms with van der Waals surface area (Å²) in [5.74, 6) is 0.113. The van der Waals surface area contributed by atoms with E-state index in [1.807, 2.05) is 6.92 Å². The summed E-state index contributed by atoms with van der Waals surface area (Å²) in [6.07, 6.45) is 1.30. The van der Waals surface area contributed by atoms with Crippen LogP contribution in [0.3, 0.4) is 0 Å².